The van der Waals surface area contributed by atoms with Crippen LogP contribution in [0.15, 0.2) is 16.6 Å². The normalized spacial score (nSPS) is 10.6. The lowest BCUT2D eigenvalue weighted by Crippen LogP contribution is -2.10. The Morgan fingerprint density at radius 3 is 2.62 bits per heavy atom. The van der Waals surface area contributed by atoms with Gasteiger partial charge in [0.25, 0.3) is 0 Å². The number of benzene rings is 1. The van der Waals surface area contributed by atoms with Crippen LogP contribution in [-0.2, 0) is 4.74 Å². The molecule has 0 saturated heterocycles. The van der Waals surface area contributed by atoms with E-state index in [1.54, 1.807) is 13.0 Å². The average molecular weight is 286 g/mol. The van der Waals surface area contributed by atoms with Crippen molar-refractivity contribution in [3.63, 3.8) is 0 Å². The predicted octanol–water partition coefficient (Wildman–Crippen LogP) is 3.33. The molecule has 1 aromatic carbocycles. The van der Waals surface area contributed by atoms with E-state index in [4.69, 9.17) is 10.5 Å². The Morgan fingerprint density at radius 1 is 1.50 bits per heavy atom. The molecule has 3 nitrogen and oxygen atoms in total. The highest BCUT2D eigenvalue weighted by Crippen LogP contribution is 2.29. The van der Waals surface area contributed by atoms with Gasteiger partial charge in [-0.2, -0.15) is 0 Å². The second-order valence-electron chi connectivity index (χ2n) is 3.83. The molecule has 0 radical (unpaired) electrons. The standard InChI is InChI=1S/C12H16BrNO2/c1-4-16-12(15)10-6-8(13)5-9(7(2)3)11(10)14/h5-7H,4,14H2,1-3H3. The van der Waals surface area contributed by atoms with Gasteiger partial charge in [-0.25, -0.2) is 4.79 Å². The highest BCUT2D eigenvalue weighted by Gasteiger charge is 2.16. The third-order valence-corrected chi connectivity index (χ3v) is 2.75. The van der Waals surface area contributed by atoms with E-state index in [0.717, 1.165) is 10.0 Å². The summed E-state index contributed by atoms with van der Waals surface area (Å²) in [6.07, 6.45) is 0. The summed E-state index contributed by atoms with van der Waals surface area (Å²) in [6, 6.07) is 3.63. The highest BCUT2D eigenvalue weighted by atomic mass is 79.9. The molecule has 0 amide bonds. The Balaban J connectivity index is 3.24. The van der Waals surface area contributed by atoms with E-state index >= 15 is 0 Å². The van der Waals surface area contributed by atoms with Gasteiger partial charge in [0.05, 0.1) is 12.2 Å². The molecule has 0 aliphatic carbocycles. The average Bonchev–Trinajstić information content (AvgIpc) is 2.20. The summed E-state index contributed by atoms with van der Waals surface area (Å²) in [5.74, 6) is -0.103. The summed E-state index contributed by atoms with van der Waals surface area (Å²) in [7, 11) is 0. The monoisotopic (exact) mass is 285 g/mol. The molecule has 2 N–H and O–H groups in total. The van der Waals surface area contributed by atoms with Crippen molar-refractivity contribution in [3.8, 4) is 0 Å². The molecule has 0 heterocycles. The van der Waals surface area contributed by atoms with Crippen molar-refractivity contribution in [2.45, 2.75) is 26.7 Å². The van der Waals surface area contributed by atoms with E-state index < -0.39 is 0 Å². The molecule has 1 aromatic rings. The topological polar surface area (TPSA) is 52.3 Å². The second kappa shape index (κ2) is 5.34. The van der Waals surface area contributed by atoms with Gasteiger partial charge in [0.2, 0.25) is 0 Å². The van der Waals surface area contributed by atoms with Crippen LogP contribution in [0.25, 0.3) is 0 Å². The van der Waals surface area contributed by atoms with Crippen LogP contribution in [0.3, 0.4) is 0 Å². The summed E-state index contributed by atoms with van der Waals surface area (Å²) >= 11 is 3.37. The van der Waals surface area contributed by atoms with E-state index in [0.29, 0.717) is 17.9 Å². The molecule has 0 saturated carbocycles. The van der Waals surface area contributed by atoms with Gasteiger partial charge in [-0.3, -0.25) is 0 Å². The number of hydrogen-bond acceptors (Lipinski definition) is 3. The largest absolute Gasteiger partial charge is 0.462 e. The Hall–Kier alpha value is -1.03. The molecule has 0 unspecified atom stereocenters. The van der Waals surface area contributed by atoms with Crippen LogP contribution in [-0.4, -0.2) is 12.6 Å². The van der Waals surface area contributed by atoms with Crippen LogP contribution in [0.1, 0.15) is 42.6 Å². The molecule has 0 fully saturated rings. The summed E-state index contributed by atoms with van der Waals surface area (Å²) in [6.45, 7) is 6.19. The molecule has 1 rings (SSSR count). The van der Waals surface area contributed by atoms with Crippen molar-refractivity contribution in [1.29, 1.82) is 0 Å². The fourth-order valence-corrected chi connectivity index (χ4v) is 1.97. The molecule has 0 aliphatic rings. The number of nitrogens with two attached hydrogens (primary N) is 1. The molecule has 0 bridgehead atoms. The zero-order chi connectivity index (χ0) is 12.3. The number of halogens is 1. The van der Waals surface area contributed by atoms with Crippen LogP contribution in [0.2, 0.25) is 0 Å². The first-order valence-corrected chi connectivity index (χ1v) is 6.02. The summed E-state index contributed by atoms with van der Waals surface area (Å²) in [5.41, 5.74) is 7.86. The van der Waals surface area contributed by atoms with Crippen LogP contribution in [0.5, 0.6) is 0 Å². The Bertz CT molecular complexity index is 402. The van der Waals surface area contributed by atoms with Gasteiger partial charge in [-0.05, 0) is 30.5 Å². The minimum absolute atomic E-state index is 0.269. The third kappa shape index (κ3) is 2.76. The van der Waals surface area contributed by atoms with Crippen LogP contribution < -0.4 is 5.73 Å². The van der Waals surface area contributed by atoms with Crippen LogP contribution in [0.4, 0.5) is 5.69 Å². The Morgan fingerprint density at radius 2 is 2.12 bits per heavy atom. The fraction of sp³-hybridized carbons (Fsp3) is 0.417. The molecule has 0 spiro atoms. The number of carbonyl (C=O) groups is 1. The maximum Gasteiger partial charge on any atom is 0.340 e. The molecular formula is C12H16BrNO2. The summed E-state index contributed by atoms with van der Waals surface area (Å²) < 4.78 is 5.80. The molecule has 88 valence electrons. The molecule has 0 atom stereocenters. The maximum atomic E-state index is 11.7. The van der Waals surface area contributed by atoms with Crippen molar-refractivity contribution in [1.82, 2.24) is 0 Å². The zero-order valence-electron chi connectivity index (χ0n) is 9.71. The van der Waals surface area contributed by atoms with E-state index in [-0.39, 0.29) is 11.9 Å². The maximum absolute atomic E-state index is 11.7. The third-order valence-electron chi connectivity index (χ3n) is 2.29. The zero-order valence-corrected chi connectivity index (χ0v) is 11.3. The summed E-state index contributed by atoms with van der Waals surface area (Å²) in [5, 5.41) is 0. The lowest BCUT2D eigenvalue weighted by atomic mass is 9.98. The smallest absolute Gasteiger partial charge is 0.340 e. The lowest BCUT2D eigenvalue weighted by molar-refractivity contribution is 0.0527. The number of rotatable bonds is 3. The highest BCUT2D eigenvalue weighted by molar-refractivity contribution is 9.10. The van der Waals surface area contributed by atoms with Gasteiger partial charge < -0.3 is 10.5 Å². The van der Waals surface area contributed by atoms with Crippen LogP contribution >= 0.6 is 15.9 Å². The van der Waals surface area contributed by atoms with Crippen molar-refractivity contribution >= 4 is 27.6 Å². The lowest BCUT2D eigenvalue weighted by Gasteiger charge is -2.13. The molecule has 0 aromatic heterocycles. The van der Waals surface area contributed by atoms with Gasteiger partial charge in [-0.1, -0.05) is 29.8 Å². The molecule has 4 heteroatoms. The van der Waals surface area contributed by atoms with E-state index in [1.165, 1.54) is 0 Å². The molecular weight excluding hydrogens is 270 g/mol. The minimum atomic E-state index is -0.372. The van der Waals surface area contributed by atoms with Crippen molar-refractivity contribution in [3.05, 3.63) is 27.7 Å². The van der Waals surface area contributed by atoms with Crippen molar-refractivity contribution in [2.24, 2.45) is 0 Å². The van der Waals surface area contributed by atoms with E-state index in [9.17, 15) is 4.79 Å². The predicted molar refractivity (Wildman–Crippen MR) is 68.6 cm³/mol. The first-order chi connectivity index (χ1) is 7.47. The number of hydrogen-bond donors (Lipinski definition) is 1. The number of anilines is 1. The van der Waals surface area contributed by atoms with Gasteiger partial charge in [0.1, 0.15) is 0 Å². The van der Waals surface area contributed by atoms with E-state index in [1.807, 2.05) is 19.9 Å². The van der Waals surface area contributed by atoms with Gasteiger partial charge in [0, 0.05) is 10.2 Å². The minimum Gasteiger partial charge on any atom is -0.462 e. The fourth-order valence-electron chi connectivity index (χ4n) is 1.49. The van der Waals surface area contributed by atoms with Crippen molar-refractivity contribution < 1.29 is 9.53 Å². The molecule has 0 aliphatic heterocycles. The van der Waals surface area contributed by atoms with E-state index in [2.05, 4.69) is 15.9 Å². The Labute approximate surface area is 104 Å². The number of ether oxygens (including phenoxy) is 1. The number of nitrogen functional groups attached to an aromatic ring is 1. The second-order valence-corrected chi connectivity index (χ2v) is 4.75. The SMILES string of the molecule is CCOC(=O)c1cc(Br)cc(C(C)C)c1N. The number of esters is 1. The summed E-state index contributed by atoms with van der Waals surface area (Å²) in [4.78, 5) is 11.7. The van der Waals surface area contributed by atoms with Crippen molar-refractivity contribution in [2.75, 3.05) is 12.3 Å². The van der Waals surface area contributed by atoms with Gasteiger partial charge in [0.15, 0.2) is 0 Å². The molecule has 16 heavy (non-hydrogen) atoms. The quantitative estimate of drug-likeness (QED) is 0.685. The van der Waals surface area contributed by atoms with Crippen LogP contribution in [0, 0.1) is 0 Å². The van der Waals surface area contributed by atoms with Gasteiger partial charge >= 0.3 is 5.97 Å². The first kappa shape index (κ1) is 13.0. The Kier molecular flexibility index (Phi) is 4.35. The number of carbonyl (C=O) groups excluding carboxylic acids is 1. The first-order valence-electron chi connectivity index (χ1n) is 5.23. The van der Waals surface area contributed by atoms with Gasteiger partial charge in [-0.15, -0.1) is 0 Å².